The van der Waals surface area contributed by atoms with Crippen molar-refractivity contribution < 1.29 is 9.18 Å². The molecule has 0 aliphatic heterocycles. The molecular formula is C12H16BrFN2O. The normalized spacial score (nSPS) is 11.5. The molecule has 0 bridgehead atoms. The second kappa shape index (κ2) is 5.60. The van der Waals surface area contributed by atoms with Gasteiger partial charge in [0.1, 0.15) is 5.82 Å². The summed E-state index contributed by atoms with van der Waals surface area (Å²) in [5.74, 6) is -0.640. The molecule has 0 unspecified atom stereocenters. The van der Waals surface area contributed by atoms with Crippen molar-refractivity contribution in [3.8, 4) is 0 Å². The summed E-state index contributed by atoms with van der Waals surface area (Å²) >= 11 is 3.35. The fourth-order valence-electron chi connectivity index (χ4n) is 1.51. The number of nitrogens with two attached hydrogens (primary N) is 1. The summed E-state index contributed by atoms with van der Waals surface area (Å²) in [6.07, 6.45) is 0.236. The van der Waals surface area contributed by atoms with Crippen LogP contribution >= 0.6 is 15.9 Å². The summed E-state index contributed by atoms with van der Waals surface area (Å²) in [7, 11) is 0. The molecule has 0 aliphatic carbocycles. The van der Waals surface area contributed by atoms with Crippen molar-refractivity contribution in [1.29, 1.82) is 0 Å². The van der Waals surface area contributed by atoms with E-state index in [2.05, 4.69) is 21.2 Å². The zero-order chi connectivity index (χ0) is 13.1. The van der Waals surface area contributed by atoms with Crippen LogP contribution in [-0.2, 0) is 11.3 Å². The lowest BCUT2D eigenvalue weighted by Gasteiger charge is -2.25. The van der Waals surface area contributed by atoms with E-state index < -0.39 is 5.54 Å². The number of primary amides is 1. The predicted molar refractivity (Wildman–Crippen MR) is 68.8 cm³/mol. The zero-order valence-corrected chi connectivity index (χ0v) is 11.5. The fourth-order valence-corrected chi connectivity index (χ4v) is 1.90. The number of carbonyl (C=O) groups excluding carboxylic acids is 1. The summed E-state index contributed by atoms with van der Waals surface area (Å²) in [6, 6.07) is 4.51. The van der Waals surface area contributed by atoms with E-state index in [4.69, 9.17) is 5.73 Å². The van der Waals surface area contributed by atoms with Crippen molar-refractivity contribution in [1.82, 2.24) is 5.32 Å². The van der Waals surface area contributed by atoms with Gasteiger partial charge in [-0.05, 0) is 37.6 Å². The van der Waals surface area contributed by atoms with Gasteiger partial charge in [-0.2, -0.15) is 0 Å². The summed E-state index contributed by atoms with van der Waals surface area (Å²) in [5.41, 5.74) is 5.56. The Morgan fingerprint density at radius 1 is 1.53 bits per heavy atom. The maximum Gasteiger partial charge on any atom is 0.219 e. The third-order valence-electron chi connectivity index (χ3n) is 2.38. The van der Waals surface area contributed by atoms with Crippen molar-refractivity contribution in [3.63, 3.8) is 0 Å². The zero-order valence-electron chi connectivity index (χ0n) is 9.89. The van der Waals surface area contributed by atoms with Gasteiger partial charge in [-0.1, -0.05) is 15.9 Å². The van der Waals surface area contributed by atoms with E-state index in [1.165, 1.54) is 12.1 Å². The van der Waals surface area contributed by atoms with Gasteiger partial charge >= 0.3 is 0 Å². The second-order valence-electron chi connectivity index (χ2n) is 4.62. The van der Waals surface area contributed by atoms with Gasteiger partial charge in [0.05, 0.1) is 0 Å². The van der Waals surface area contributed by atoms with Crippen LogP contribution in [0.1, 0.15) is 25.8 Å². The molecule has 0 aliphatic rings. The number of hydrogen-bond donors (Lipinski definition) is 2. The van der Waals surface area contributed by atoms with Crippen LogP contribution in [0, 0.1) is 5.82 Å². The van der Waals surface area contributed by atoms with Gasteiger partial charge < -0.3 is 11.1 Å². The molecule has 1 aromatic rings. The minimum atomic E-state index is -0.405. The molecule has 0 heterocycles. The Morgan fingerprint density at radius 2 is 2.18 bits per heavy atom. The second-order valence-corrected chi connectivity index (χ2v) is 5.47. The van der Waals surface area contributed by atoms with E-state index in [9.17, 15) is 9.18 Å². The molecule has 0 saturated heterocycles. The number of halogens is 2. The van der Waals surface area contributed by atoms with E-state index in [1.807, 2.05) is 13.8 Å². The number of rotatable bonds is 5. The van der Waals surface area contributed by atoms with Gasteiger partial charge in [0, 0.05) is 23.0 Å². The fraction of sp³-hybridized carbons (Fsp3) is 0.417. The molecule has 1 amide bonds. The first-order valence-corrected chi connectivity index (χ1v) is 6.07. The molecule has 0 aromatic heterocycles. The molecule has 0 fully saturated rings. The Labute approximate surface area is 109 Å². The maximum absolute atomic E-state index is 13.1. The van der Waals surface area contributed by atoms with Gasteiger partial charge in [0.2, 0.25) is 5.91 Å². The van der Waals surface area contributed by atoms with E-state index in [0.29, 0.717) is 6.54 Å². The van der Waals surface area contributed by atoms with Gasteiger partial charge in [-0.15, -0.1) is 0 Å². The molecule has 1 rings (SSSR count). The quantitative estimate of drug-likeness (QED) is 0.877. The van der Waals surface area contributed by atoms with Crippen molar-refractivity contribution >= 4 is 21.8 Å². The Balaban J connectivity index is 2.66. The number of benzene rings is 1. The molecule has 1 aromatic carbocycles. The van der Waals surface area contributed by atoms with Gasteiger partial charge in [-0.3, -0.25) is 4.79 Å². The van der Waals surface area contributed by atoms with E-state index in [-0.39, 0.29) is 18.1 Å². The monoisotopic (exact) mass is 302 g/mol. The van der Waals surface area contributed by atoms with E-state index in [0.717, 1.165) is 10.0 Å². The van der Waals surface area contributed by atoms with Crippen LogP contribution in [0.2, 0.25) is 0 Å². The highest BCUT2D eigenvalue weighted by molar-refractivity contribution is 9.10. The van der Waals surface area contributed by atoms with Crippen LogP contribution in [-0.4, -0.2) is 11.4 Å². The smallest absolute Gasteiger partial charge is 0.219 e. The summed E-state index contributed by atoms with van der Waals surface area (Å²) < 4.78 is 13.9. The number of nitrogens with one attached hydrogen (secondary N) is 1. The van der Waals surface area contributed by atoms with Crippen molar-refractivity contribution in [2.24, 2.45) is 5.73 Å². The first-order valence-electron chi connectivity index (χ1n) is 5.27. The Kier molecular flexibility index (Phi) is 4.65. The SMILES string of the molecule is CC(C)(CC(N)=O)NCc1cc(F)ccc1Br. The predicted octanol–water partition coefficient (Wildman–Crippen LogP) is 2.33. The number of carbonyl (C=O) groups is 1. The van der Waals surface area contributed by atoms with Gasteiger partial charge in [0.25, 0.3) is 0 Å². The average Bonchev–Trinajstić information content (AvgIpc) is 2.17. The van der Waals surface area contributed by atoms with Gasteiger partial charge in [-0.25, -0.2) is 4.39 Å². The third kappa shape index (κ3) is 4.83. The van der Waals surface area contributed by atoms with Crippen LogP contribution in [0.15, 0.2) is 22.7 Å². The minimum absolute atomic E-state index is 0.236. The lowest BCUT2D eigenvalue weighted by atomic mass is 10.00. The van der Waals surface area contributed by atoms with E-state index in [1.54, 1.807) is 6.07 Å². The highest BCUT2D eigenvalue weighted by Gasteiger charge is 2.20. The van der Waals surface area contributed by atoms with E-state index >= 15 is 0 Å². The van der Waals surface area contributed by atoms with Crippen molar-refractivity contribution in [2.75, 3.05) is 0 Å². The minimum Gasteiger partial charge on any atom is -0.370 e. The van der Waals surface area contributed by atoms with Crippen LogP contribution < -0.4 is 11.1 Å². The van der Waals surface area contributed by atoms with Crippen molar-refractivity contribution in [2.45, 2.75) is 32.4 Å². The third-order valence-corrected chi connectivity index (χ3v) is 3.15. The molecule has 0 atom stereocenters. The molecule has 5 heteroatoms. The van der Waals surface area contributed by atoms with Gasteiger partial charge in [0.15, 0.2) is 0 Å². The maximum atomic E-state index is 13.1. The van der Waals surface area contributed by atoms with Crippen LogP contribution in [0.4, 0.5) is 4.39 Å². The lowest BCUT2D eigenvalue weighted by molar-refractivity contribution is -0.119. The van der Waals surface area contributed by atoms with Crippen LogP contribution in [0.5, 0.6) is 0 Å². The highest BCUT2D eigenvalue weighted by Crippen LogP contribution is 2.19. The number of amides is 1. The van der Waals surface area contributed by atoms with Crippen LogP contribution in [0.3, 0.4) is 0 Å². The first-order chi connectivity index (χ1) is 7.80. The summed E-state index contributed by atoms with van der Waals surface area (Å²) in [5, 5.41) is 3.18. The number of hydrogen-bond acceptors (Lipinski definition) is 2. The standard InChI is InChI=1S/C12H16BrFN2O/c1-12(2,6-11(15)17)16-7-8-5-9(14)3-4-10(8)13/h3-5,16H,6-7H2,1-2H3,(H2,15,17). The van der Waals surface area contributed by atoms with Crippen LogP contribution in [0.25, 0.3) is 0 Å². The molecule has 0 saturated carbocycles. The largest absolute Gasteiger partial charge is 0.370 e. The van der Waals surface area contributed by atoms with Crippen molar-refractivity contribution in [3.05, 3.63) is 34.1 Å². The Hall–Kier alpha value is -0.940. The Morgan fingerprint density at radius 3 is 2.76 bits per heavy atom. The molecule has 3 nitrogen and oxygen atoms in total. The molecule has 94 valence electrons. The Bertz CT molecular complexity index is 421. The molecule has 17 heavy (non-hydrogen) atoms. The molecule has 0 spiro atoms. The highest BCUT2D eigenvalue weighted by atomic mass is 79.9. The molecule has 3 N–H and O–H groups in total. The summed E-state index contributed by atoms with van der Waals surface area (Å²) in [4.78, 5) is 10.9. The average molecular weight is 303 g/mol. The first kappa shape index (κ1) is 14.1. The summed E-state index contributed by atoms with van der Waals surface area (Å²) in [6.45, 7) is 4.23. The lowest BCUT2D eigenvalue weighted by Crippen LogP contribution is -2.42. The molecular weight excluding hydrogens is 287 g/mol. The topological polar surface area (TPSA) is 55.1 Å². The molecule has 0 radical (unpaired) electrons.